The van der Waals surface area contributed by atoms with Crippen LogP contribution in [0.1, 0.15) is 25.7 Å². The standard InChI is InChI=1S/C8H16I2O/c9-5-1-3-7-11-8-4-2-6-10/h1-8H2. The van der Waals surface area contributed by atoms with Gasteiger partial charge in [-0.1, -0.05) is 45.2 Å². The minimum absolute atomic E-state index is 0.963. The van der Waals surface area contributed by atoms with Gasteiger partial charge in [-0.3, -0.25) is 0 Å². The van der Waals surface area contributed by atoms with Crippen LogP contribution in [0.5, 0.6) is 0 Å². The highest BCUT2D eigenvalue weighted by atomic mass is 127. The van der Waals surface area contributed by atoms with Gasteiger partial charge in [0.2, 0.25) is 0 Å². The molecule has 0 radical (unpaired) electrons. The Labute approximate surface area is 96.9 Å². The van der Waals surface area contributed by atoms with E-state index >= 15 is 0 Å². The summed E-state index contributed by atoms with van der Waals surface area (Å²) in [7, 11) is 0. The van der Waals surface area contributed by atoms with Crippen LogP contribution >= 0.6 is 45.2 Å². The molecule has 0 aliphatic carbocycles. The Kier molecular flexibility index (Phi) is 12.9. The first kappa shape index (κ1) is 12.4. The molecule has 0 rings (SSSR count). The summed E-state index contributed by atoms with van der Waals surface area (Å²) in [5.41, 5.74) is 0. The number of hydrogen-bond acceptors (Lipinski definition) is 1. The third kappa shape index (κ3) is 11.4. The summed E-state index contributed by atoms with van der Waals surface area (Å²) >= 11 is 4.81. The quantitative estimate of drug-likeness (QED) is 0.355. The van der Waals surface area contributed by atoms with E-state index in [1.54, 1.807) is 0 Å². The van der Waals surface area contributed by atoms with Crippen LogP contribution in [0.4, 0.5) is 0 Å². The summed E-state index contributed by atoms with van der Waals surface area (Å²) in [5, 5.41) is 0. The van der Waals surface area contributed by atoms with Gasteiger partial charge in [-0.25, -0.2) is 0 Å². The second kappa shape index (κ2) is 11.4. The molecule has 0 saturated carbocycles. The molecule has 0 aliphatic heterocycles. The summed E-state index contributed by atoms with van der Waals surface area (Å²) in [4.78, 5) is 0. The summed E-state index contributed by atoms with van der Waals surface area (Å²) in [5.74, 6) is 0. The van der Waals surface area contributed by atoms with Gasteiger partial charge in [-0.2, -0.15) is 0 Å². The lowest BCUT2D eigenvalue weighted by Gasteiger charge is -2.01. The van der Waals surface area contributed by atoms with E-state index in [2.05, 4.69) is 45.2 Å². The van der Waals surface area contributed by atoms with Crippen LogP contribution in [0.15, 0.2) is 0 Å². The summed E-state index contributed by atoms with van der Waals surface area (Å²) < 4.78 is 7.95. The topological polar surface area (TPSA) is 9.23 Å². The summed E-state index contributed by atoms with van der Waals surface area (Å²) in [6.45, 7) is 1.93. The molecule has 0 unspecified atom stereocenters. The predicted molar refractivity (Wildman–Crippen MR) is 67.1 cm³/mol. The first-order valence-electron chi connectivity index (χ1n) is 4.11. The normalized spacial score (nSPS) is 10.4. The molecule has 3 heteroatoms. The molecular formula is C8H16I2O. The Balaban J connectivity index is 2.69. The number of hydrogen-bond donors (Lipinski definition) is 0. The number of halogens is 2. The summed E-state index contributed by atoms with van der Waals surface area (Å²) in [6, 6.07) is 0. The predicted octanol–water partition coefficient (Wildman–Crippen LogP) is 3.43. The fourth-order valence-corrected chi connectivity index (χ4v) is 1.78. The van der Waals surface area contributed by atoms with Gasteiger partial charge in [-0.15, -0.1) is 0 Å². The van der Waals surface area contributed by atoms with Gasteiger partial charge in [0, 0.05) is 13.2 Å². The zero-order valence-electron chi connectivity index (χ0n) is 6.82. The van der Waals surface area contributed by atoms with Crippen LogP contribution in [0, 0.1) is 0 Å². The van der Waals surface area contributed by atoms with Crippen molar-refractivity contribution in [1.82, 2.24) is 0 Å². The Morgan fingerprint density at radius 2 is 1.18 bits per heavy atom. The molecule has 0 fully saturated rings. The van der Waals surface area contributed by atoms with Gasteiger partial charge >= 0.3 is 0 Å². The summed E-state index contributed by atoms with van der Waals surface area (Å²) in [6.07, 6.45) is 5.06. The van der Waals surface area contributed by atoms with Gasteiger partial charge < -0.3 is 4.74 Å². The monoisotopic (exact) mass is 382 g/mol. The molecule has 0 atom stereocenters. The zero-order chi connectivity index (χ0) is 8.36. The Morgan fingerprint density at radius 3 is 1.55 bits per heavy atom. The Morgan fingerprint density at radius 1 is 0.727 bits per heavy atom. The third-order valence-corrected chi connectivity index (χ3v) is 2.87. The Bertz CT molecular complexity index is 61.1. The maximum Gasteiger partial charge on any atom is 0.0466 e. The van der Waals surface area contributed by atoms with Crippen molar-refractivity contribution >= 4 is 45.2 Å². The molecule has 0 aromatic rings. The van der Waals surface area contributed by atoms with Crippen LogP contribution in [0.25, 0.3) is 0 Å². The van der Waals surface area contributed by atoms with Crippen LogP contribution in [0.2, 0.25) is 0 Å². The fourth-order valence-electron chi connectivity index (χ4n) is 0.699. The van der Waals surface area contributed by atoms with Crippen molar-refractivity contribution in [3.63, 3.8) is 0 Å². The molecule has 0 aliphatic rings. The molecule has 0 bridgehead atoms. The van der Waals surface area contributed by atoms with Crippen molar-refractivity contribution in [2.75, 3.05) is 22.1 Å². The minimum Gasteiger partial charge on any atom is -0.381 e. The molecule has 68 valence electrons. The SMILES string of the molecule is ICCCCOCCCCI. The number of unbranched alkanes of at least 4 members (excludes halogenated alkanes) is 2. The first-order chi connectivity index (χ1) is 5.41. The molecule has 0 aromatic heterocycles. The largest absolute Gasteiger partial charge is 0.381 e. The highest BCUT2D eigenvalue weighted by Crippen LogP contribution is 1.97. The van der Waals surface area contributed by atoms with Crippen LogP contribution in [-0.4, -0.2) is 22.1 Å². The maximum atomic E-state index is 5.43. The average Bonchev–Trinajstić information content (AvgIpc) is 2.03. The fraction of sp³-hybridized carbons (Fsp3) is 1.00. The van der Waals surface area contributed by atoms with Crippen molar-refractivity contribution in [1.29, 1.82) is 0 Å². The minimum atomic E-state index is 0.963. The maximum absolute atomic E-state index is 5.43. The first-order valence-corrected chi connectivity index (χ1v) is 7.16. The van der Waals surface area contributed by atoms with E-state index in [4.69, 9.17) is 4.74 Å². The average molecular weight is 382 g/mol. The van der Waals surface area contributed by atoms with Crippen molar-refractivity contribution in [3.8, 4) is 0 Å². The van der Waals surface area contributed by atoms with E-state index in [-0.39, 0.29) is 0 Å². The molecule has 0 saturated heterocycles. The van der Waals surface area contributed by atoms with Crippen molar-refractivity contribution in [2.45, 2.75) is 25.7 Å². The van der Waals surface area contributed by atoms with E-state index in [1.165, 1.54) is 34.5 Å². The Hall–Kier alpha value is 1.42. The molecule has 1 nitrogen and oxygen atoms in total. The van der Waals surface area contributed by atoms with Crippen molar-refractivity contribution in [2.24, 2.45) is 0 Å². The van der Waals surface area contributed by atoms with E-state index in [0.717, 1.165) is 13.2 Å². The van der Waals surface area contributed by atoms with Crippen molar-refractivity contribution in [3.05, 3.63) is 0 Å². The van der Waals surface area contributed by atoms with Crippen LogP contribution in [0.3, 0.4) is 0 Å². The van der Waals surface area contributed by atoms with Gasteiger partial charge in [0.1, 0.15) is 0 Å². The van der Waals surface area contributed by atoms with Crippen molar-refractivity contribution < 1.29 is 4.74 Å². The van der Waals surface area contributed by atoms with E-state index < -0.39 is 0 Å². The molecule has 0 heterocycles. The second-order valence-corrected chi connectivity index (χ2v) is 4.56. The third-order valence-electron chi connectivity index (χ3n) is 1.34. The van der Waals surface area contributed by atoms with Crippen LogP contribution < -0.4 is 0 Å². The lowest BCUT2D eigenvalue weighted by molar-refractivity contribution is 0.129. The van der Waals surface area contributed by atoms with E-state index in [0.29, 0.717) is 0 Å². The molecule has 0 spiro atoms. The van der Waals surface area contributed by atoms with E-state index in [1.807, 2.05) is 0 Å². The van der Waals surface area contributed by atoms with E-state index in [9.17, 15) is 0 Å². The molecular weight excluding hydrogens is 366 g/mol. The molecule has 0 amide bonds. The highest BCUT2D eigenvalue weighted by Gasteiger charge is 1.88. The lowest BCUT2D eigenvalue weighted by atomic mass is 10.3. The van der Waals surface area contributed by atoms with Gasteiger partial charge in [-0.05, 0) is 34.5 Å². The zero-order valence-corrected chi connectivity index (χ0v) is 11.1. The smallest absolute Gasteiger partial charge is 0.0466 e. The van der Waals surface area contributed by atoms with Gasteiger partial charge in [0.05, 0.1) is 0 Å². The van der Waals surface area contributed by atoms with Gasteiger partial charge in [0.15, 0.2) is 0 Å². The highest BCUT2D eigenvalue weighted by molar-refractivity contribution is 14.1. The molecule has 11 heavy (non-hydrogen) atoms. The number of ether oxygens (including phenoxy) is 1. The van der Waals surface area contributed by atoms with Gasteiger partial charge in [0.25, 0.3) is 0 Å². The number of rotatable bonds is 8. The number of alkyl halides is 2. The second-order valence-electron chi connectivity index (χ2n) is 2.40. The lowest BCUT2D eigenvalue weighted by Crippen LogP contribution is -1.97. The van der Waals surface area contributed by atoms with Crippen LogP contribution in [-0.2, 0) is 4.74 Å². The molecule has 0 aromatic carbocycles. The molecule has 0 N–H and O–H groups in total.